The fourth-order valence-electron chi connectivity index (χ4n) is 3.97. The zero-order valence-electron chi connectivity index (χ0n) is 18.6. The third-order valence-corrected chi connectivity index (χ3v) is 6.80. The van der Waals surface area contributed by atoms with Gasteiger partial charge in [-0.1, -0.05) is 23.5 Å². The average molecular weight is 509 g/mol. The second-order valence-electron chi connectivity index (χ2n) is 7.96. The Labute approximate surface area is 208 Å². The SMILES string of the molecule is Cc1nnc2sc(-c3ccccc3NC(=S)NC(=O)c3ccc(N4CCCC4)c([N+](=O)[O-])c3)nn12. The van der Waals surface area contributed by atoms with Crippen molar-refractivity contribution in [1.82, 2.24) is 25.1 Å². The van der Waals surface area contributed by atoms with E-state index in [9.17, 15) is 14.9 Å². The summed E-state index contributed by atoms with van der Waals surface area (Å²) in [6.45, 7) is 3.35. The van der Waals surface area contributed by atoms with Crippen molar-refractivity contribution in [3.63, 3.8) is 0 Å². The van der Waals surface area contributed by atoms with E-state index in [0.29, 0.717) is 27.2 Å². The molecule has 1 aliphatic heterocycles. The molecule has 0 saturated carbocycles. The lowest BCUT2D eigenvalue weighted by atomic mass is 10.1. The molecule has 2 aromatic carbocycles. The molecule has 0 atom stereocenters. The first-order valence-electron chi connectivity index (χ1n) is 10.8. The van der Waals surface area contributed by atoms with Gasteiger partial charge in [-0.05, 0) is 56.2 Å². The minimum atomic E-state index is -0.537. The van der Waals surface area contributed by atoms with Crippen molar-refractivity contribution in [2.45, 2.75) is 19.8 Å². The van der Waals surface area contributed by atoms with Crippen LogP contribution in [0.15, 0.2) is 42.5 Å². The molecule has 35 heavy (non-hydrogen) atoms. The highest BCUT2D eigenvalue weighted by atomic mass is 32.1. The topological polar surface area (TPSA) is 131 Å². The first-order valence-corrected chi connectivity index (χ1v) is 12.1. The summed E-state index contributed by atoms with van der Waals surface area (Å²) in [7, 11) is 0. The number of hydrogen-bond acceptors (Lipinski definition) is 9. The van der Waals surface area contributed by atoms with Crippen LogP contribution in [0, 0.1) is 17.0 Å². The number of hydrogen-bond donors (Lipinski definition) is 2. The summed E-state index contributed by atoms with van der Waals surface area (Å²) in [4.78, 5) is 26.7. The number of para-hydroxylation sites is 1. The number of nitro groups is 1. The Morgan fingerprint density at radius 1 is 1.17 bits per heavy atom. The van der Waals surface area contributed by atoms with E-state index in [0.717, 1.165) is 31.5 Å². The van der Waals surface area contributed by atoms with Gasteiger partial charge in [0.1, 0.15) is 10.7 Å². The van der Waals surface area contributed by atoms with Crippen molar-refractivity contribution in [2.24, 2.45) is 0 Å². The van der Waals surface area contributed by atoms with Crippen LogP contribution in [-0.2, 0) is 0 Å². The maximum Gasteiger partial charge on any atom is 0.293 e. The average Bonchev–Trinajstić information content (AvgIpc) is 3.58. The molecule has 0 radical (unpaired) electrons. The predicted octanol–water partition coefficient (Wildman–Crippen LogP) is 3.80. The Kier molecular flexibility index (Phi) is 6.09. The normalized spacial score (nSPS) is 13.2. The van der Waals surface area contributed by atoms with Crippen LogP contribution in [0.1, 0.15) is 29.0 Å². The summed E-state index contributed by atoms with van der Waals surface area (Å²) in [5.74, 6) is 0.144. The number of benzene rings is 2. The van der Waals surface area contributed by atoms with E-state index >= 15 is 0 Å². The standard InChI is InChI=1S/C22H20N8O3S2/c1-13-25-26-22-29(13)27-20(35-22)15-6-2-3-7-16(15)23-21(34)24-19(31)14-8-9-17(18(12-14)30(32)33)28-10-4-5-11-28/h2-3,6-9,12H,4-5,10-11H2,1H3,(H2,23,24,31,34). The summed E-state index contributed by atoms with van der Waals surface area (Å²) < 4.78 is 1.66. The van der Waals surface area contributed by atoms with Crippen LogP contribution in [0.4, 0.5) is 17.1 Å². The number of nitrogens with zero attached hydrogens (tertiary/aromatic N) is 6. The van der Waals surface area contributed by atoms with Gasteiger partial charge in [0.25, 0.3) is 11.6 Å². The third-order valence-electron chi connectivity index (χ3n) is 5.66. The highest BCUT2D eigenvalue weighted by Crippen LogP contribution is 2.33. The number of carbonyl (C=O) groups excluding carboxylic acids is 1. The molecule has 0 bridgehead atoms. The maximum atomic E-state index is 12.8. The fraction of sp³-hybridized carbons (Fsp3) is 0.227. The Bertz CT molecular complexity index is 1460. The molecule has 5 rings (SSSR count). The van der Waals surface area contributed by atoms with E-state index < -0.39 is 10.8 Å². The molecule has 2 aromatic heterocycles. The Hall–Kier alpha value is -3.97. The van der Waals surface area contributed by atoms with Gasteiger partial charge in [-0.3, -0.25) is 20.2 Å². The predicted molar refractivity (Wildman–Crippen MR) is 137 cm³/mol. The first kappa shape index (κ1) is 22.8. The summed E-state index contributed by atoms with van der Waals surface area (Å²) >= 11 is 6.74. The molecule has 13 heteroatoms. The Morgan fingerprint density at radius 2 is 1.94 bits per heavy atom. The molecule has 1 fully saturated rings. The number of aryl methyl sites for hydroxylation is 1. The van der Waals surface area contributed by atoms with E-state index in [1.807, 2.05) is 36.1 Å². The van der Waals surface area contributed by atoms with Crippen molar-refractivity contribution >= 4 is 56.6 Å². The van der Waals surface area contributed by atoms with Crippen molar-refractivity contribution in [3.05, 3.63) is 64.0 Å². The smallest absolute Gasteiger partial charge is 0.293 e. The van der Waals surface area contributed by atoms with Crippen molar-refractivity contribution in [1.29, 1.82) is 0 Å². The van der Waals surface area contributed by atoms with Crippen molar-refractivity contribution < 1.29 is 9.72 Å². The zero-order valence-corrected chi connectivity index (χ0v) is 20.2. The second kappa shape index (κ2) is 9.35. The minimum Gasteiger partial charge on any atom is -0.366 e. The van der Waals surface area contributed by atoms with E-state index in [4.69, 9.17) is 12.2 Å². The van der Waals surface area contributed by atoms with Crippen LogP contribution < -0.4 is 15.5 Å². The van der Waals surface area contributed by atoms with Crippen LogP contribution in [-0.4, -0.2) is 48.8 Å². The molecule has 11 nitrogen and oxygen atoms in total. The number of anilines is 2. The lowest BCUT2D eigenvalue weighted by Gasteiger charge is -2.18. The summed E-state index contributed by atoms with van der Waals surface area (Å²) in [6.07, 6.45) is 1.98. The monoisotopic (exact) mass is 508 g/mol. The van der Waals surface area contributed by atoms with Gasteiger partial charge in [-0.2, -0.15) is 9.61 Å². The third kappa shape index (κ3) is 4.55. The summed E-state index contributed by atoms with van der Waals surface area (Å²) in [5.41, 5.74) is 2.02. The molecular formula is C22H20N8O3S2. The first-order chi connectivity index (χ1) is 16.9. The number of fused-ring (bicyclic) bond motifs is 1. The summed E-state index contributed by atoms with van der Waals surface area (Å²) in [6, 6.07) is 11.9. The molecule has 3 heterocycles. The van der Waals surface area contributed by atoms with Crippen LogP contribution in [0.2, 0.25) is 0 Å². The molecule has 2 N–H and O–H groups in total. The molecule has 1 saturated heterocycles. The van der Waals surface area contributed by atoms with E-state index in [1.54, 1.807) is 16.6 Å². The minimum absolute atomic E-state index is 0.0629. The van der Waals surface area contributed by atoms with Crippen LogP contribution in [0.5, 0.6) is 0 Å². The molecular weight excluding hydrogens is 488 g/mol. The largest absolute Gasteiger partial charge is 0.366 e. The van der Waals surface area contributed by atoms with Crippen LogP contribution in [0.3, 0.4) is 0 Å². The number of nitrogens with one attached hydrogen (secondary N) is 2. The van der Waals surface area contributed by atoms with Gasteiger partial charge in [0, 0.05) is 30.3 Å². The van der Waals surface area contributed by atoms with Gasteiger partial charge in [0.15, 0.2) is 10.9 Å². The Balaban J connectivity index is 1.33. The highest BCUT2D eigenvalue weighted by Gasteiger charge is 2.24. The number of nitro benzene ring substituents is 1. The van der Waals surface area contributed by atoms with Crippen molar-refractivity contribution in [3.8, 4) is 10.6 Å². The van der Waals surface area contributed by atoms with Gasteiger partial charge < -0.3 is 10.2 Å². The molecule has 4 aromatic rings. The fourth-order valence-corrected chi connectivity index (χ4v) is 5.09. The lowest BCUT2D eigenvalue weighted by Crippen LogP contribution is -2.34. The number of thiocarbonyl (C=S) groups is 1. The number of rotatable bonds is 5. The van der Waals surface area contributed by atoms with E-state index in [2.05, 4.69) is 25.9 Å². The van der Waals surface area contributed by atoms with Crippen molar-refractivity contribution in [2.75, 3.05) is 23.3 Å². The Morgan fingerprint density at radius 3 is 2.69 bits per heavy atom. The second-order valence-corrected chi connectivity index (χ2v) is 9.32. The van der Waals surface area contributed by atoms with Crippen LogP contribution >= 0.6 is 23.6 Å². The van der Waals surface area contributed by atoms with E-state index in [-0.39, 0.29) is 16.4 Å². The highest BCUT2D eigenvalue weighted by molar-refractivity contribution is 7.80. The van der Waals surface area contributed by atoms with Gasteiger partial charge in [-0.25, -0.2) is 0 Å². The van der Waals surface area contributed by atoms with Gasteiger partial charge in [-0.15, -0.1) is 10.2 Å². The maximum absolute atomic E-state index is 12.8. The van der Waals surface area contributed by atoms with E-state index in [1.165, 1.54) is 17.4 Å². The number of carbonyl (C=O) groups is 1. The summed E-state index contributed by atoms with van der Waals surface area (Å²) in [5, 5.41) is 30.7. The molecule has 0 aliphatic carbocycles. The number of aromatic nitrogens is 4. The molecule has 0 spiro atoms. The van der Waals surface area contributed by atoms with Gasteiger partial charge in [0.05, 0.1) is 10.6 Å². The van der Waals surface area contributed by atoms with Gasteiger partial charge in [0.2, 0.25) is 4.96 Å². The zero-order chi connectivity index (χ0) is 24.5. The van der Waals surface area contributed by atoms with Gasteiger partial charge >= 0.3 is 0 Å². The number of amides is 1. The molecule has 1 aliphatic rings. The molecule has 1 amide bonds. The lowest BCUT2D eigenvalue weighted by molar-refractivity contribution is -0.384. The quantitative estimate of drug-likeness (QED) is 0.235. The van der Waals surface area contributed by atoms with Crippen LogP contribution in [0.25, 0.3) is 15.5 Å². The molecule has 0 unspecified atom stereocenters. The molecule has 178 valence electrons.